The number of carbonyl (C=O) groups is 1. The van der Waals surface area contributed by atoms with Gasteiger partial charge in [-0.05, 0) is 61.7 Å². The minimum Gasteiger partial charge on any atom is -0.457 e. The minimum absolute atomic E-state index is 0.188. The summed E-state index contributed by atoms with van der Waals surface area (Å²) in [7, 11) is -7.93. The van der Waals surface area contributed by atoms with Crippen LogP contribution >= 0.6 is 10.2 Å². The summed E-state index contributed by atoms with van der Waals surface area (Å²) in [6.07, 6.45) is 1.66. The number of aliphatic imine (C=N–C) groups is 1. The Morgan fingerprint density at radius 1 is 1.10 bits per heavy atom. The van der Waals surface area contributed by atoms with Crippen molar-refractivity contribution in [3.05, 3.63) is 58.7 Å². The van der Waals surface area contributed by atoms with Gasteiger partial charge in [0.1, 0.15) is 11.5 Å². The van der Waals surface area contributed by atoms with E-state index >= 15 is 0 Å². The molecule has 0 aliphatic carbocycles. The van der Waals surface area contributed by atoms with E-state index < -0.39 is 27.7 Å². The maximum absolute atomic E-state index is 12.9. The molecule has 0 amide bonds. The summed E-state index contributed by atoms with van der Waals surface area (Å²) in [6, 6.07) is 5.90. The quantitative estimate of drug-likeness (QED) is 0.199. The van der Waals surface area contributed by atoms with Crippen LogP contribution in [0.2, 0.25) is 0 Å². The average molecular weight is 450 g/mol. The van der Waals surface area contributed by atoms with Gasteiger partial charge in [0.05, 0.1) is 17.6 Å². The Morgan fingerprint density at radius 3 is 2.37 bits per heavy atom. The van der Waals surface area contributed by atoms with Gasteiger partial charge in [0.25, 0.3) is 0 Å². The Kier molecular flexibility index (Phi) is 5.97. The lowest BCUT2D eigenvalue weighted by atomic mass is 10.0. The van der Waals surface area contributed by atoms with Gasteiger partial charge in [-0.25, -0.2) is 9.79 Å². The molecule has 0 fully saturated rings. The lowest BCUT2D eigenvalue weighted by molar-refractivity contribution is 0.0471. The largest absolute Gasteiger partial charge is 0.457 e. The third-order valence-electron chi connectivity index (χ3n) is 4.37. The van der Waals surface area contributed by atoms with Crippen LogP contribution < -0.4 is 0 Å². The van der Waals surface area contributed by atoms with Crippen molar-refractivity contribution >= 4 is 28.2 Å². The second-order valence-corrected chi connectivity index (χ2v) is 9.37. The van der Waals surface area contributed by atoms with Crippen molar-refractivity contribution in [2.24, 2.45) is 4.99 Å². The Labute approximate surface area is 172 Å². The molecule has 0 aliphatic heterocycles. The maximum atomic E-state index is 12.9. The molecule has 0 saturated heterocycles. The Morgan fingerprint density at radius 2 is 1.77 bits per heavy atom. The van der Waals surface area contributed by atoms with Gasteiger partial charge in [0.15, 0.2) is 0 Å². The molecule has 0 atom stereocenters. The van der Waals surface area contributed by atoms with E-state index in [2.05, 4.69) is 4.99 Å². The molecule has 0 spiro atoms. The van der Waals surface area contributed by atoms with Crippen LogP contribution in [0.4, 0.5) is 25.1 Å². The summed E-state index contributed by atoms with van der Waals surface area (Å²) >= 11 is 0. The van der Waals surface area contributed by atoms with Crippen molar-refractivity contribution in [2.45, 2.75) is 32.3 Å². The number of nitrogens with zero attached hydrogens (tertiary/aromatic N) is 2. The third-order valence-corrected chi connectivity index (χ3v) is 5.51. The highest BCUT2D eigenvalue weighted by molar-refractivity contribution is 8.45. The summed E-state index contributed by atoms with van der Waals surface area (Å²) < 4.78 is 69.8. The van der Waals surface area contributed by atoms with Crippen LogP contribution in [0, 0.1) is 13.8 Å². The van der Waals surface area contributed by atoms with Crippen molar-refractivity contribution in [2.75, 3.05) is 13.6 Å². The van der Waals surface area contributed by atoms with Crippen LogP contribution in [0.1, 0.15) is 34.0 Å². The Bertz CT molecular complexity index is 991. The van der Waals surface area contributed by atoms with Gasteiger partial charge in [-0.3, -0.25) is 0 Å². The smallest absolute Gasteiger partial charge is 0.338 e. The third kappa shape index (κ3) is 6.19. The van der Waals surface area contributed by atoms with Gasteiger partial charge in [0.2, 0.25) is 0 Å². The highest BCUT2D eigenvalue weighted by Gasteiger charge is 2.65. The first-order chi connectivity index (χ1) is 13.6. The average Bonchev–Trinajstić information content (AvgIpc) is 2.64. The molecule has 0 bridgehead atoms. The molecule has 0 unspecified atom stereocenters. The molecule has 2 aromatic carbocycles. The number of ether oxygens (including phenoxy) is 1. The zero-order valence-corrected chi connectivity index (χ0v) is 17.8. The Balaban J connectivity index is 2.18. The molecule has 166 valence electrons. The predicted molar refractivity (Wildman–Crippen MR) is 109 cm³/mol. The van der Waals surface area contributed by atoms with E-state index in [9.17, 15) is 24.2 Å². The number of rotatable bonds is 7. The molecule has 0 radical (unpaired) electrons. The maximum Gasteiger partial charge on any atom is 0.338 e. The van der Waals surface area contributed by atoms with Crippen LogP contribution in [0.5, 0.6) is 0 Å². The fourth-order valence-corrected chi connectivity index (χ4v) is 3.21. The Hall–Kier alpha value is -2.62. The molecule has 2 rings (SSSR count). The number of hydrogen-bond acceptors (Lipinski definition) is 3. The first-order valence-corrected chi connectivity index (χ1v) is 10.9. The van der Waals surface area contributed by atoms with Crippen molar-refractivity contribution in [3.8, 4) is 0 Å². The monoisotopic (exact) mass is 450 g/mol. The van der Waals surface area contributed by atoms with E-state index in [0.717, 1.165) is 12.6 Å². The SMILES string of the molecule is CCN(C)/C=N/c1cc(C)c(C(=O)OCc2cccc(S(F)(F)(F)(F)F)c2)cc1C. The van der Waals surface area contributed by atoms with Crippen LogP contribution in [-0.4, -0.2) is 30.8 Å². The molecule has 0 N–H and O–H groups in total. The summed E-state index contributed by atoms with van der Waals surface area (Å²) in [5.74, 6) is -0.769. The number of halogens is 5. The molecule has 10 heteroatoms. The fourth-order valence-electron chi connectivity index (χ4n) is 2.50. The zero-order valence-electron chi connectivity index (χ0n) is 17.0. The van der Waals surface area contributed by atoms with Crippen LogP contribution in [0.25, 0.3) is 0 Å². The number of esters is 1. The number of aryl methyl sites for hydroxylation is 2. The van der Waals surface area contributed by atoms with Crippen molar-refractivity contribution < 1.29 is 29.0 Å². The van der Waals surface area contributed by atoms with Crippen molar-refractivity contribution in [1.29, 1.82) is 0 Å². The zero-order chi connectivity index (χ0) is 22.8. The molecule has 4 nitrogen and oxygen atoms in total. The molecule has 0 saturated carbocycles. The van der Waals surface area contributed by atoms with E-state index in [1.54, 1.807) is 32.3 Å². The van der Waals surface area contributed by atoms with Crippen LogP contribution in [0.3, 0.4) is 0 Å². The second kappa shape index (κ2) is 7.57. The van der Waals surface area contributed by atoms with Gasteiger partial charge < -0.3 is 9.64 Å². The van der Waals surface area contributed by atoms with Gasteiger partial charge in [-0.15, -0.1) is 0 Å². The van der Waals surface area contributed by atoms with Gasteiger partial charge in [-0.1, -0.05) is 31.6 Å². The first kappa shape index (κ1) is 23.7. The molecule has 0 aliphatic rings. The molecular weight excluding hydrogens is 427 g/mol. The van der Waals surface area contributed by atoms with E-state index in [0.29, 0.717) is 28.9 Å². The lowest BCUT2D eigenvalue weighted by Gasteiger charge is -2.40. The second-order valence-electron chi connectivity index (χ2n) is 6.96. The van der Waals surface area contributed by atoms with Gasteiger partial charge in [-0.2, -0.15) is 0 Å². The normalized spacial score (nSPS) is 14.3. The lowest BCUT2D eigenvalue weighted by Crippen LogP contribution is -2.14. The summed E-state index contributed by atoms with van der Waals surface area (Å²) in [5.41, 5.74) is 1.97. The molecule has 30 heavy (non-hydrogen) atoms. The molecule has 0 aromatic heterocycles. The topological polar surface area (TPSA) is 41.9 Å². The molecule has 2 aromatic rings. The number of carbonyl (C=O) groups excluding carboxylic acids is 1. The fraction of sp³-hybridized carbons (Fsp3) is 0.300. The first-order valence-electron chi connectivity index (χ1n) is 8.96. The van der Waals surface area contributed by atoms with E-state index in [-0.39, 0.29) is 11.1 Å². The van der Waals surface area contributed by atoms with Crippen LogP contribution in [-0.2, 0) is 11.3 Å². The molecule has 0 heterocycles. The summed E-state index contributed by atoms with van der Waals surface area (Å²) in [6.45, 7) is 5.60. The van der Waals surface area contributed by atoms with E-state index in [1.807, 2.05) is 18.9 Å². The highest BCUT2D eigenvalue weighted by atomic mass is 32.5. The van der Waals surface area contributed by atoms with Crippen molar-refractivity contribution in [3.63, 3.8) is 0 Å². The summed E-state index contributed by atoms with van der Waals surface area (Å²) in [4.78, 5) is 16.6. The minimum atomic E-state index is -9.80. The van der Waals surface area contributed by atoms with Crippen LogP contribution in [0.15, 0.2) is 46.3 Å². The number of benzene rings is 2. The van der Waals surface area contributed by atoms with Gasteiger partial charge in [0, 0.05) is 13.6 Å². The summed E-state index contributed by atoms with van der Waals surface area (Å²) in [5, 5.41) is 0. The standard InChI is InChI=1S/C20H23F5N2O2S/c1-5-27(4)13-26-19-10-14(2)18(9-15(19)3)20(28)29-12-16-7-6-8-17(11-16)30(21,22,23,24)25/h6-11,13H,5,12H2,1-4H3/b26-13+. The molecular formula is C20H23F5N2O2S. The predicted octanol–water partition coefficient (Wildman–Crippen LogP) is 6.93. The highest BCUT2D eigenvalue weighted by Crippen LogP contribution is 3.02. The number of hydrogen-bond donors (Lipinski definition) is 0. The van der Waals surface area contributed by atoms with Gasteiger partial charge >= 0.3 is 16.2 Å². The van der Waals surface area contributed by atoms with E-state index in [4.69, 9.17) is 4.74 Å². The van der Waals surface area contributed by atoms with Crippen molar-refractivity contribution in [1.82, 2.24) is 4.90 Å². The van der Waals surface area contributed by atoms with E-state index in [1.165, 1.54) is 6.07 Å².